The third-order valence-corrected chi connectivity index (χ3v) is 7.37. The maximum Gasteiger partial charge on any atom is 0.249 e. The first kappa shape index (κ1) is 27.2. The largest absolute Gasteiger partial charge is 0.354 e. The van der Waals surface area contributed by atoms with Crippen LogP contribution in [0.15, 0.2) is 91.5 Å². The van der Waals surface area contributed by atoms with E-state index in [9.17, 15) is 9.59 Å². The summed E-state index contributed by atoms with van der Waals surface area (Å²) >= 11 is 0. The van der Waals surface area contributed by atoms with Crippen molar-refractivity contribution in [2.45, 2.75) is 57.5 Å². The summed E-state index contributed by atoms with van der Waals surface area (Å²) < 4.78 is 0. The van der Waals surface area contributed by atoms with Gasteiger partial charge in [0, 0.05) is 31.3 Å². The topological polar surface area (TPSA) is 52.7 Å². The third-order valence-electron chi connectivity index (χ3n) is 7.37. The molecule has 1 aliphatic heterocycles. The van der Waals surface area contributed by atoms with E-state index < -0.39 is 12.1 Å². The number of unbranched alkanes of at least 4 members (excludes halogenated alkanes) is 1. The van der Waals surface area contributed by atoms with Crippen LogP contribution in [0.3, 0.4) is 0 Å². The van der Waals surface area contributed by atoms with E-state index in [2.05, 4.69) is 31.0 Å². The summed E-state index contributed by atoms with van der Waals surface area (Å²) in [5, 5.41) is 3.16. The Morgan fingerprint density at radius 2 is 1.55 bits per heavy atom. The highest BCUT2D eigenvalue weighted by Gasteiger charge is 2.41. The molecule has 38 heavy (non-hydrogen) atoms. The molecule has 198 valence electrons. The summed E-state index contributed by atoms with van der Waals surface area (Å²) in [4.78, 5) is 31.6. The normalized spacial score (nSPS) is 16.1. The summed E-state index contributed by atoms with van der Waals surface area (Å²) in [6.07, 6.45) is 4.73. The van der Waals surface area contributed by atoms with Gasteiger partial charge in [0.25, 0.3) is 0 Å². The molecular weight excluding hydrogens is 470 g/mol. The van der Waals surface area contributed by atoms with Crippen molar-refractivity contribution in [1.82, 2.24) is 10.2 Å². The van der Waals surface area contributed by atoms with Crippen LogP contribution in [0.1, 0.15) is 49.3 Å². The Kier molecular flexibility index (Phi) is 9.36. The number of carbonyl (C=O) groups is 2. The first-order chi connectivity index (χ1) is 18.5. The van der Waals surface area contributed by atoms with E-state index in [0.717, 1.165) is 48.2 Å². The van der Waals surface area contributed by atoms with Gasteiger partial charge in [0.15, 0.2) is 0 Å². The lowest BCUT2D eigenvalue weighted by Gasteiger charge is -2.38. The van der Waals surface area contributed by atoms with Crippen molar-refractivity contribution in [2.75, 3.05) is 18.5 Å². The van der Waals surface area contributed by atoms with Gasteiger partial charge in [-0.15, -0.1) is 0 Å². The Labute approximate surface area is 227 Å². The molecular formula is C33H39N3O2. The van der Waals surface area contributed by atoms with Crippen molar-refractivity contribution >= 4 is 23.2 Å². The van der Waals surface area contributed by atoms with Crippen molar-refractivity contribution in [2.24, 2.45) is 0 Å². The fourth-order valence-electron chi connectivity index (χ4n) is 5.27. The van der Waals surface area contributed by atoms with Gasteiger partial charge in [-0.1, -0.05) is 98.8 Å². The molecule has 2 atom stereocenters. The van der Waals surface area contributed by atoms with Gasteiger partial charge < -0.3 is 15.1 Å². The monoisotopic (exact) mass is 509 g/mol. The Morgan fingerprint density at radius 3 is 2.24 bits per heavy atom. The molecule has 0 spiro atoms. The first-order valence-electron chi connectivity index (χ1n) is 13.7. The molecule has 2 unspecified atom stereocenters. The highest BCUT2D eigenvalue weighted by molar-refractivity contribution is 6.03. The van der Waals surface area contributed by atoms with Crippen LogP contribution < -0.4 is 10.2 Å². The summed E-state index contributed by atoms with van der Waals surface area (Å²) in [5.74, 6) is -0.0741. The van der Waals surface area contributed by atoms with E-state index in [1.54, 1.807) is 4.90 Å². The third kappa shape index (κ3) is 6.34. The number of fused-ring (bicyclic) bond motifs is 1. The van der Waals surface area contributed by atoms with E-state index in [4.69, 9.17) is 0 Å². The van der Waals surface area contributed by atoms with E-state index in [1.807, 2.05) is 84.7 Å². The van der Waals surface area contributed by atoms with Crippen LogP contribution in [0.2, 0.25) is 0 Å². The molecule has 0 fully saturated rings. The number of hydrogen-bond acceptors (Lipinski definition) is 3. The van der Waals surface area contributed by atoms with E-state index >= 15 is 0 Å². The van der Waals surface area contributed by atoms with Gasteiger partial charge in [0.1, 0.15) is 12.1 Å². The van der Waals surface area contributed by atoms with Crippen molar-refractivity contribution in [3.63, 3.8) is 0 Å². The van der Waals surface area contributed by atoms with E-state index in [-0.39, 0.29) is 11.8 Å². The number of likely N-dealkylation sites (N-methyl/N-ethyl adjacent to an activating group) is 1. The van der Waals surface area contributed by atoms with Gasteiger partial charge >= 0.3 is 0 Å². The highest BCUT2D eigenvalue weighted by Crippen LogP contribution is 2.37. The smallest absolute Gasteiger partial charge is 0.249 e. The number of hydrogen-bond donors (Lipinski definition) is 1. The predicted octanol–water partition coefficient (Wildman–Crippen LogP) is 5.85. The van der Waals surface area contributed by atoms with Gasteiger partial charge in [-0.25, -0.2) is 0 Å². The Balaban J connectivity index is 1.72. The molecule has 1 heterocycles. The lowest BCUT2D eigenvalue weighted by atomic mass is 9.96. The van der Waals surface area contributed by atoms with Gasteiger partial charge in [0.05, 0.1) is 5.69 Å². The summed E-state index contributed by atoms with van der Waals surface area (Å²) in [6, 6.07) is 27.2. The number of anilines is 1. The maximum absolute atomic E-state index is 14.1. The molecule has 1 aliphatic rings. The highest BCUT2D eigenvalue weighted by atomic mass is 16.2. The summed E-state index contributed by atoms with van der Waals surface area (Å²) in [6.45, 7) is 7.23. The number of para-hydroxylation sites is 1. The molecule has 2 amide bonds. The number of nitrogens with zero attached hydrogens (tertiary/aromatic N) is 2. The molecule has 3 aromatic carbocycles. The number of nitrogens with one attached hydrogen (secondary N) is 1. The van der Waals surface area contributed by atoms with Crippen molar-refractivity contribution in [1.29, 1.82) is 0 Å². The molecule has 0 aliphatic carbocycles. The number of amides is 2. The second kappa shape index (κ2) is 13.1. The average Bonchev–Trinajstić information content (AvgIpc) is 3.02. The van der Waals surface area contributed by atoms with Gasteiger partial charge in [-0.05, 0) is 42.9 Å². The van der Waals surface area contributed by atoms with Crippen LogP contribution in [0, 0.1) is 0 Å². The van der Waals surface area contributed by atoms with Crippen molar-refractivity contribution in [3.05, 3.63) is 108 Å². The summed E-state index contributed by atoms with van der Waals surface area (Å²) in [7, 11) is 1.82. The van der Waals surface area contributed by atoms with Crippen molar-refractivity contribution in [3.8, 4) is 0 Å². The zero-order chi connectivity index (χ0) is 26.9. The van der Waals surface area contributed by atoms with E-state index in [1.165, 1.54) is 5.56 Å². The number of rotatable bonds is 11. The molecule has 0 bridgehead atoms. The fourth-order valence-corrected chi connectivity index (χ4v) is 5.27. The van der Waals surface area contributed by atoms with Gasteiger partial charge in [-0.3, -0.25) is 9.59 Å². The molecule has 0 radical (unpaired) electrons. The van der Waals surface area contributed by atoms with Crippen LogP contribution >= 0.6 is 0 Å². The minimum atomic E-state index is -0.555. The van der Waals surface area contributed by atoms with Gasteiger partial charge in [0.2, 0.25) is 11.8 Å². The SMILES string of the molecule is C=C1c2ccccc2N(C)C(=O)C(Cc2ccccc2)N1C(CCCc1ccccc1)C(=O)NCCCC. The first-order valence-corrected chi connectivity index (χ1v) is 13.7. The second-order valence-electron chi connectivity index (χ2n) is 10.0. The molecule has 5 nitrogen and oxygen atoms in total. The van der Waals surface area contributed by atoms with E-state index in [0.29, 0.717) is 19.4 Å². The fraction of sp³-hybridized carbons (Fsp3) is 0.333. The molecule has 0 aromatic heterocycles. The van der Waals surface area contributed by atoms with Gasteiger partial charge in [-0.2, -0.15) is 0 Å². The molecule has 0 saturated heterocycles. The molecule has 0 saturated carbocycles. The number of aryl methyl sites for hydroxylation is 1. The lowest BCUT2D eigenvalue weighted by molar-refractivity contribution is -0.129. The Morgan fingerprint density at radius 1 is 0.921 bits per heavy atom. The standard InChI is InChI=1S/C33H39N3O2/c1-4-5-23-34-32(37)30(22-14-19-26-15-8-6-9-16-26)36-25(2)28-20-12-13-21-29(28)35(3)33(38)31(36)24-27-17-10-7-11-18-27/h6-13,15-18,20-21,30-31H,2,4-5,14,19,22-24H2,1,3H3,(H,34,37). The Hall–Kier alpha value is -3.86. The van der Waals surface area contributed by atoms with Crippen LogP contribution in [-0.4, -0.2) is 42.4 Å². The zero-order valence-electron chi connectivity index (χ0n) is 22.6. The second-order valence-corrected chi connectivity index (χ2v) is 10.0. The van der Waals surface area contributed by atoms with Crippen molar-refractivity contribution < 1.29 is 9.59 Å². The zero-order valence-corrected chi connectivity index (χ0v) is 22.6. The Bertz CT molecular complexity index is 1230. The quantitative estimate of drug-likeness (QED) is 0.330. The summed E-state index contributed by atoms with van der Waals surface area (Å²) in [5.41, 5.74) is 4.71. The van der Waals surface area contributed by atoms with Crippen LogP contribution in [0.4, 0.5) is 5.69 Å². The van der Waals surface area contributed by atoms with Crippen LogP contribution in [0.5, 0.6) is 0 Å². The number of carbonyl (C=O) groups excluding carboxylic acids is 2. The van der Waals surface area contributed by atoms with Crippen LogP contribution in [0.25, 0.3) is 5.70 Å². The molecule has 5 heteroatoms. The minimum absolute atomic E-state index is 0.0330. The maximum atomic E-state index is 14.1. The average molecular weight is 510 g/mol. The van der Waals surface area contributed by atoms with Crippen LogP contribution in [-0.2, 0) is 22.4 Å². The predicted molar refractivity (Wildman–Crippen MR) is 156 cm³/mol. The minimum Gasteiger partial charge on any atom is -0.354 e. The number of benzene rings is 3. The molecule has 3 aromatic rings. The molecule has 4 rings (SSSR count). The lowest BCUT2D eigenvalue weighted by Crippen LogP contribution is -2.55. The molecule has 1 N–H and O–H groups in total.